The first-order valence-corrected chi connectivity index (χ1v) is 8.82. The number of nitrogens with zero attached hydrogens (tertiary/aromatic N) is 2. The summed E-state index contributed by atoms with van der Waals surface area (Å²) in [7, 11) is 0. The van der Waals surface area contributed by atoms with E-state index in [2.05, 4.69) is 20.8 Å². The molecular formula is C13H20N4O2S2. The normalized spacial score (nSPS) is 17.2. The van der Waals surface area contributed by atoms with Gasteiger partial charge in [-0.05, 0) is 26.7 Å². The quantitative estimate of drug-likeness (QED) is 0.830. The highest BCUT2D eigenvalue weighted by Gasteiger charge is 2.21. The van der Waals surface area contributed by atoms with E-state index in [0.29, 0.717) is 0 Å². The van der Waals surface area contributed by atoms with E-state index in [9.17, 15) is 9.59 Å². The fraction of sp³-hybridized carbons (Fsp3) is 0.692. The molecule has 0 aromatic carbocycles. The van der Waals surface area contributed by atoms with Crippen molar-refractivity contribution in [2.24, 2.45) is 0 Å². The Morgan fingerprint density at radius 2 is 2.00 bits per heavy atom. The molecule has 1 aromatic rings. The van der Waals surface area contributed by atoms with Gasteiger partial charge in [0.1, 0.15) is 5.01 Å². The molecule has 0 unspecified atom stereocenters. The molecule has 2 N–H and O–H groups in total. The molecule has 0 radical (unpaired) electrons. The van der Waals surface area contributed by atoms with Crippen LogP contribution >= 0.6 is 23.1 Å². The van der Waals surface area contributed by atoms with Crippen molar-refractivity contribution >= 4 is 35.0 Å². The van der Waals surface area contributed by atoms with E-state index in [1.807, 2.05) is 6.92 Å². The Morgan fingerprint density at radius 1 is 1.29 bits per heavy atom. The molecule has 8 heteroatoms. The van der Waals surface area contributed by atoms with Crippen molar-refractivity contribution < 1.29 is 9.59 Å². The van der Waals surface area contributed by atoms with Crippen LogP contribution in [0.25, 0.3) is 0 Å². The number of amides is 3. The maximum atomic E-state index is 12.0. The van der Waals surface area contributed by atoms with Gasteiger partial charge >= 0.3 is 6.03 Å². The lowest BCUT2D eigenvalue weighted by Gasteiger charge is -2.22. The monoisotopic (exact) mass is 328 g/mol. The van der Waals surface area contributed by atoms with E-state index in [4.69, 9.17) is 0 Å². The van der Waals surface area contributed by atoms with Crippen LogP contribution in [0.3, 0.4) is 0 Å². The van der Waals surface area contributed by atoms with Gasteiger partial charge in [-0.25, -0.2) is 4.79 Å². The van der Waals surface area contributed by atoms with E-state index in [1.165, 1.54) is 29.5 Å². The van der Waals surface area contributed by atoms with E-state index in [0.717, 1.165) is 35.0 Å². The molecule has 3 amide bonds. The second-order valence-corrected chi connectivity index (χ2v) is 7.91. The molecule has 116 valence electrons. The molecule has 0 saturated heterocycles. The predicted octanol–water partition coefficient (Wildman–Crippen LogP) is 2.49. The van der Waals surface area contributed by atoms with Gasteiger partial charge in [0.25, 0.3) is 0 Å². The Balaban J connectivity index is 1.75. The minimum Gasteiger partial charge on any atom is -0.335 e. The fourth-order valence-electron chi connectivity index (χ4n) is 2.21. The summed E-state index contributed by atoms with van der Waals surface area (Å²) in [4.78, 5) is 23.8. The van der Waals surface area contributed by atoms with Crippen LogP contribution in [0.15, 0.2) is 4.34 Å². The van der Waals surface area contributed by atoms with Crippen LogP contribution in [0, 0.1) is 6.92 Å². The summed E-state index contributed by atoms with van der Waals surface area (Å²) in [5.74, 6) is -0.304. The first-order valence-electron chi connectivity index (χ1n) is 7.12. The van der Waals surface area contributed by atoms with Crippen LogP contribution in [0.2, 0.25) is 0 Å². The standard InChI is InChI=1S/C13H20N4O2S2/c1-8(20-13-17-16-9(2)21-13)11(18)15-12(19)14-10-6-4-3-5-7-10/h8,10H,3-7H2,1-2H3,(H2,14,15,18,19)/t8-/m0/s1. The maximum Gasteiger partial charge on any atom is 0.321 e. The molecule has 1 saturated carbocycles. The molecule has 1 fully saturated rings. The third-order valence-electron chi connectivity index (χ3n) is 3.33. The molecular weight excluding hydrogens is 308 g/mol. The molecule has 1 aliphatic carbocycles. The molecule has 1 aromatic heterocycles. The highest BCUT2D eigenvalue weighted by molar-refractivity contribution is 8.02. The van der Waals surface area contributed by atoms with Gasteiger partial charge in [0, 0.05) is 6.04 Å². The lowest BCUT2D eigenvalue weighted by molar-refractivity contribution is -0.119. The highest BCUT2D eigenvalue weighted by Crippen LogP contribution is 2.26. The summed E-state index contributed by atoms with van der Waals surface area (Å²) in [5.41, 5.74) is 0. The van der Waals surface area contributed by atoms with Crippen LogP contribution in [0.4, 0.5) is 4.79 Å². The molecule has 0 aliphatic heterocycles. The first kappa shape index (κ1) is 16.2. The summed E-state index contributed by atoms with van der Waals surface area (Å²) >= 11 is 2.75. The topological polar surface area (TPSA) is 84.0 Å². The van der Waals surface area contributed by atoms with E-state index >= 15 is 0 Å². The average Bonchev–Trinajstić information content (AvgIpc) is 2.85. The van der Waals surface area contributed by atoms with Crippen LogP contribution in [-0.2, 0) is 4.79 Å². The number of nitrogens with one attached hydrogen (secondary N) is 2. The van der Waals surface area contributed by atoms with Crippen LogP contribution in [0.1, 0.15) is 44.0 Å². The smallest absolute Gasteiger partial charge is 0.321 e. The number of hydrogen-bond donors (Lipinski definition) is 2. The van der Waals surface area contributed by atoms with Crippen molar-refractivity contribution in [2.45, 2.75) is 61.6 Å². The van der Waals surface area contributed by atoms with Crippen molar-refractivity contribution in [3.63, 3.8) is 0 Å². The van der Waals surface area contributed by atoms with Gasteiger partial charge in [-0.1, -0.05) is 42.4 Å². The Hall–Kier alpha value is -1.15. The van der Waals surface area contributed by atoms with E-state index < -0.39 is 6.03 Å². The van der Waals surface area contributed by atoms with E-state index in [-0.39, 0.29) is 17.2 Å². The van der Waals surface area contributed by atoms with Crippen molar-refractivity contribution in [3.8, 4) is 0 Å². The summed E-state index contributed by atoms with van der Waals surface area (Å²) in [5, 5.41) is 13.6. The zero-order valence-electron chi connectivity index (χ0n) is 12.2. The Morgan fingerprint density at radius 3 is 2.62 bits per heavy atom. The molecule has 1 heterocycles. The van der Waals surface area contributed by atoms with Crippen molar-refractivity contribution in [1.82, 2.24) is 20.8 Å². The lowest BCUT2D eigenvalue weighted by atomic mass is 9.96. The molecule has 0 bridgehead atoms. The minimum absolute atomic E-state index is 0.195. The fourth-order valence-corrected chi connectivity index (χ4v) is 4.17. The third kappa shape index (κ3) is 5.28. The number of hydrogen-bond acceptors (Lipinski definition) is 6. The summed E-state index contributed by atoms with van der Waals surface area (Å²) < 4.78 is 0.739. The van der Waals surface area contributed by atoms with Crippen molar-refractivity contribution in [2.75, 3.05) is 0 Å². The number of thioether (sulfide) groups is 1. The lowest BCUT2D eigenvalue weighted by Crippen LogP contribution is -2.47. The molecule has 0 spiro atoms. The molecule has 6 nitrogen and oxygen atoms in total. The first-order chi connectivity index (χ1) is 10.0. The average molecular weight is 328 g/mol. The minimum atomic E-state index is -0.396. The largest absolute Gasteiger partial charge is 0.335 e. The number of imide groups is 1. The van der Waals surface area contributed by atoms with Crippen molar-refractivity contribution in [3.05, 3.63) is 5.01 Å². The third-order valence-corrected chi connectivity index (χ3v) is 5.35. The van der Waals surface area contributed by atoms with Crippen LogP contribution < -0.4 is 10.6 Å². The van der Waals surface area contributed by atoms with Crippen LogP contribution in [0.5, 0.6) is 0 Å². The Bertz CT molecular complexity index is 500. The number of aromatic nitrogens is 2. The van der Waals surface area contributed by atoms with Gasteiger partial charge in [0.2, 0.25) is 5.91 Å². The zero-order valence-corrected chi connectivity index (χ0v) is 13.9. The van der Waals surface area contributed by atoms with Gasteiger partial charge < -0.3 is 5.32 Å². The van der Waals surface area contributed by atoms with Crippen LogP contribution in [-0.4, -0.2) is 33.4 Å². The molecule has 2 rings (SSSR count). The summed E-state index contributed by atoms with van der Waals surface area (Å²) in [6, 6.07) is -0.201. The van der Waals surface area contributed by atoms with Gasteiger partial charge in [-0.3, -0.25) is 10.1 Å². The SMILES string of the molecule is Cc1nnc(S[C@@H](C)C(=O)NC(=O)NC2CCCCC2)s1. The Kier molecular flexibility index (Phi) is 5.98. The second kappa shape index (κ2) is 7.74. The molecule has 1 atom stereocenters. The highest BCUT2D eigenvalue weighted by atomic mass is 32.2. The van der Waals surface area contributed by atoms with Gasteiger partial charge in [-0.15, -0.1) is 10.2 Å². The number of aryl methyl sites for hydroxylation is 1. The summed E-state index contributed by atoms with van der Waals surface area (Å²) in [6.07, 6.45) is 5.50. The number of carbonyl (C=O) groups is 2. The molecule has 1 aliphatic rings. The predicted molar refractivity (Wildman–Crippen MR) is 83.5 cm³/mol. The molecule has 21 heavy (non-hydrogen) atoms. The van der Waals surface area contributed by atoms with Gasteiger partial charge in [0.05, 0.1) is 5.25 Å². The van der Waals surface area contributed by atoms with Gasteiger partial charge in [-0.2, -0.15) is 0 Å². The zero-order chi connectivity index (χ0) is 15.2. The van der Waals surface area contributed by atoms with Gasteiger partial charge in [0.15, 0.2) is 4.34 Å². The maximum absolute atomic E-state index is 12.0. The number of urea groups is 1. The van der Waals surface area contributed by atoms with E-state index in [1.54, 1.807) is 6.92 Å². The Labute approximate surface area is 132 Å². The number of rotatable bonds is 4. The summed E-state index contributed by atoms with van der Waals surface area (Å²) in [6.45, 7) is 3.62. The second-order valence-electron chi connectivity index (χ2n) is 5.14. The van der Waals surface area contributed by atoms with Crippen molar-refractivity contribution in [1.29, 1.82) is 0 Å². The number of carbonyl (C=O) groups excluding carboxylic acids is 2.